The molecule has 172 valence electrons. The van der Waals surface area contributed by atoms with Crippen LogP contribution < -0.4 is 11.2 Å². The summed E-state index contributed by atoms with van der Waals surface area (Å²) in [4.78, 5) is 45.4. The van der Waals surface area contributed by atoms with E-state index in [-0.39, 0.29) is 36.0 Å². The topological polar surface area (TPSA) is 122 Å². The quantitative estimate of drug-likeness (QED) is 0.638. The fourth-order valence-electron chi connectivity index (χ4n) is 4.61. The highest BCUT2D eigenvalue weighted by molar-refractivity contribution is 8.00. The van der Waals surface area contributed by atoms with Crippen molar-refractivity contribution in [1.29, 1.82) is 0 Å². The van der Waals surface area contributed by atoms with Crippen molar-refractivity contribution in [3.63, 3.8) is 0 Å². The first-order valence-electron chi connectivity index (χ1n) is 10.8. The van der Waals surface area contributed by atoms with E-state index in [0.29, 0.717) is 17.0 Å². The van der Waals surface area contributed by atoms with Gasteiger partial charge in [0.1, 0.15) is 12.2 Å². The van der Waals surface area contributed by atoms with E-state index in [9.17, 15) is 19.5 Å². The molecule has 3 aliphatic rings. The van der Waals surface area contributed by atoms with Crippen LogP contribution in [0.2, 0.25) is 0 Å². The van der Waals surface area contributed by atoms with Crippen LogP contribution in [0.3, 0.4) is 0 Å². The molecule has 11 heteroatoms. The molecule has 32 heavy (non-hydrogen) atoms. The van der Waals surface area contributed by atoms with E-state index in [4.69, 9.17) is 4.84 Å². The molecule has 1 saturated heterocycles. The first kappa shape index (κ1) is 21.5. The average Bonchev–Trinajstić information content (AvgIpc) is 3.30. The monoisotopic (exact) mass is 461 g/mol. The lowest BCUT2D eigenvalue weighted by Gasteiger charge is -2.24. The van der Waals surface area contributed by atoms with Gasteiger partial charge in [0.2, 0.25) is 0 Å². The second-order valence-corrected chi connectivity index (χ2v) is 10.6. The fraction of sp³-hybridized carbons (Fsp3) is 0.619. The number of amides is 1. The van der Waals surface area contributed by atoms with Gasteiger partial charge in [-0.25, -0.2) is 9.86 Å². The Bertz CT molecular complexity index is 1200. The first-order valence-corrected chi connectivity index (χ1v) is 11.7. The van der Waals surface area contributed by atoms with Gasteiger partial charge in [-0.3, -0.25) is 28.7 Å². The summed E-state index contributed by atoms with van der Waals surface area (Å²) in [5, 5.41) is 19.0. The number of aromatic nitrogens is 4. The number of nitrogens with one attached hydrogen (secondary N) is 1. The predicted molar refractivity (Wildman–Crippen MR) is 117 cm³/mol. The van der Waals surface area contributed by atoms with Crippen LogP contribution in [0.4, 0.5) is 0 Å². The number of hydrogen-bond donors (Lipinski definition) is 2. The van der Waals surface area contributed by atoms with Crippen molar-refractivity contribution in [2.24, 2.45) is 7.05 Å². The molecule has 1 amide bonds. The molecule has 0 bridgehead atoms. The molecule has 2 aliphatic heterocycles. The minimum absolute atomic E-state index is 0.00958. The molecule has 2 fully saturated rings. The third-order valence-corrected chi connectivity index (χ3v) is 7.93. The van der Waals surface area contributed by atoms with E-state index in [1.54, 1.807) is 11.5 Å². The minimum Gasteiger partial charge on any atom is -0.386 e. The molecule has 2 aromatic rings. The number of aromatic amines is 1. The number of fused-ring (bicyclic) bond motifs is 1. The Balaban J connectivity index is 1.63. The zero-order chi connectivity index (χ0) is 22.9. The van der Waals surface area contributed by atoms with Crippen molar-refractivity contribution in [2.75, 3.05) is 13.2 Å². The molecule has 2 aromatic heterocycles. The fourth-order valence-corrected chi connectivity index (χ4v) is 6.22. The number of hydroxylamine groups is 2. The summed E-state index contributed by atoms with van der Waals surface area (Å²) in [6, 6.07) is 0.0613. The van der Waals surface area contributed by atoms with E-state index in [2.05, 4.69) is 10.2 Å². The van der Waals surface area contributed by atoms with Crippen LogP contribution in [0.1, 0.15) is 54.2 Å². The molecule has 2 unspecified atom stereocenters. The van der Waals surface area contributed by atoms with Crippen molar-refractivity contribution in [3.8, 4) is 0 Å². The molecular weight excluding hydrogens is 434 g/mol. The number of β-amino-alcohol motifs (C(OH)–C–C–N with tert-alkyl or cyclic N) is 1. The summed E-state index contributed by atoms with van der Waals surface area (Å²) in [6.45, 7) is 5.48. The Morgan fingerprint density at radius 2 is 2.06 bits per heavy atom. The van der Waals surface area contributed by atoms with Gasteiger partial charge in [0.15, 0.2) is 0 Å². The van der Waals surface area contributed by atoms with Crippen molar-refractivity contribution >= 4 is 17.7 Å². The van der Waals surface area contributed by atoms with E-state index in [1.807, 2.05) is 13.8 Å². The Morgan fingerprint density at radius 1 is 1.34 bits per heavy atom. The minimum atomic E-state index is -1.14. The number of nitrogens with zero attached hydrogens (tertiary/aromatic N) is 4. The van der Waals surface area contributed by atoms with E-state index < -0.39 is 17.1 Å². The number of thioether (sulfide) groups is 1. The Morgan fingerprint density at radius 3 is 2.62 bits per heavy atom. The maximum absolute atomic E-state index is 13.7. The van der Waals surface area contributed by atoms with Crippen LogP contribution in [0, 0.1) is 13.8 Å². The second kappa shape index (κ2) is 7.32. The summed E-state index contributed by atoms with van der Waals surface area (Å²) < 4.78 is 2.80. The molecular formula is C21H27N5O5S. The van der Waals surface area contributed by atoms with Gasteiger partial charge >= 0.3 is 5.69 Å². The molecule has 1 saturated carbocycles. The van der Waals surface area contributed by atoms with Gasteiger partial charge in [0.05, 0.1) is 28.7 Å². The zero-order valence-corrected chi connectivity index (χ0v) is 19.4. The molecule has 10 nitrogen and oxygen atoms in total. The van der Waals surface area contributed by atoms with Crippen LogP contribution in [0.15, 0.2) is 14.6 Å². The van der Waals surface area contributed by atoms with Gasteiger partial charge < -0.3 is 5.11 Å². The Labute approximate surface area is 188 Å². The van der Waals surface area contributed by atoms with Crippen LogP contribution in [0.25, 0.3) is 0 Å². The lowest BCUT2D eigenvalue weighted by atomic mass is 9.91. The molecule has 2 N–H and O–H groups in total. The summed E-state index contributed by atoms with van der Waals surface area (Å²) in [6.07, 6.45) is 2.27. The lowest BCUT2D eigenvalue weighted by molar-refractivity contribution is -0.170. The third-order valence-electron chi connectivity index (χ3n) is 6.55. The summed E-state index contributed by atoms with van der Waals surface area (Å²) in [5.41, 5.74) is 1.19. The highest BCUT2D eigenvalue weighted by Gasteiger charge is 2.49. The highest BCUT2D eigenvalue weighted by Crippen LogP contribution is 2.49. The van der Waals surface area contributed by atoms with Crippen LogP contribution >= 0.6 is 11.8 Å². The van der Waals surface area contributed by atoms with Crippen LogP contribution in [-0.4, -0.2) is 59.4 Å². The predicted octanol–water partition coefficient (Wildman–Crippen LogP) is 0.547. The number of carbonyl (C=O) groups excluding carboxylic acids is 1. The largest absolute Gasteiger partial charge is 0.386 e. The third kappa shape index (κ3) is 3.34. The summed E-state index contributed by atoms with van der Waals surface area (Å²) >= 11 is 1.42. The van der Waals surface area contributed by atoms with E-state index in [0.717, 1.165) is 34.4 Å². The Hall–Kier alpha value is -2.37. The SMILES string of the molecule is Cc1n[nH]c(C)c1CC1Sc2c(c(=O)n(C)c(=O)n2C2CC2)C1C(=O)N1C[C@](C)(O)CO1. The molecule has 0 aromatic carbocycles. The molecule has 5 rings (SSSR count). The Kier molecular flexibility index (Phi) is 4.91. The van der Waals surface area contributed by atoms with Gasteiger partial charge in [-0.1, -0.05) is 0 Å². The van der Waals surface area contributed by atoms with Gasteiger partial charge in [0.25, 0.3) is 11.5 Å². The zero-order valence-electron chi connectivity index (χ0n) is 18.5. The highest BCUT2D eigenvalue weighted by atomic mass is 32.2. The molecule has 3 atom stereocenters. The van der Waals surface area contributed by atoms with Crippen LogP contribution in [0.5, 0.6) is 0 Å². The molecule has 1 aliphatic carbocycles. The molecule has 0 spiro atoms. The number of H-pyrrole nitrogens is 1. The van der Waals surface area contributed by atoms with Crippen molar-refractivity contribution in [2.45, 2.75) is 67.9 Å². The first-order chi connectivity index (χ1) is 15.1. The van der Waals surface area contributed by atoms with Crippen LogP contribution in [-0.2, 0) is 23.1 Å². The maximum Gasteiger partial charge on any atom is 0.331 e. The maximum atomic E-state index is 13.7. The number of aliphatic hydroxyl groups is 1. The van der Waals surface area contributed by atoms with Gasteiger partial charge in [0, 0.05) is 24.0 Å². The van der Waals surface area contributed by atoms with Crippen molar-refractivity contribution in [3.05, 3.63) is 43.4 Å². The summed E-state index contributed by atoms with van der Waals surface area (Å²) in [5.74, 6) is -1.15. The van der Waals surface area contributed by atoms with E-state index in [1.165, 1.54) is 23.9 Å². The summed E-state index contributed by atoms with van der Waals surface area (Å²) in [7, 11) is 1.46. The van der Waals surface area contributed by atoms with Gasteiger partial charge in [-0.05, 0) is 45.6 Å². The number of carbonyl (C=O) groups is 1. The lowest BCUT2D eigenvalue weighted by Crippen LogP contribution is -2.44. The smallest absolute Gasteiger partial charge is 0.331 e. The number of aryl methyl sites for hydroxylation is 2. The number of rotatable bonds is 4. The number of hydrogen-bond acceptors (Lipinski definition) is 7. The van der Waals surface area contributed by atoms with E-state index >= 15 is 0 Å². The van der Waals surface area contributed by atoms with Crippen molar-refractivity contribution < 1.29 is 14.7 Å². The normalized spacial score (nSPS) is 27.2. The van der Waals surface area contributed by atoms with Gasteiger partial charge in [-0.15, -0.1) is 11.8 Å². The second-order valence-electron chi connectivity index (χ2n) is 9.36. The standard InChI is InChI=1S/C21H27N5O5S/c1-10-13(11(2)23-22-10)7-14-15(18(28)25-8-21(3,30)9-31-25)16-17(27)24(4)20(29)26(12-5-6-12)19(16)32-14/h12,14-15,30H,5-9H2,1-4H3,(H,22,23)/t14?,15?,21-/m0/s1. The average molecular weight is 462 g/mol. The molecule has 0 radical (unpaired) electrons. The molecule has 4 heterocycles. The van der Waals surface area contributed by atoms with Gasteiger partial charge in [-0.2, -0.15) is 5.10 Å². The van der Waals surface area contributed by atoms with Crippen molar-refractivity contribution in [1.82, 2.24) is 24.4 Å².